The van der Waals surface area contributed by atoms with E-state index >= 15 is 0 Å². The molecular formula is C19H18N4O2. The molecule has 2 aromatic carbocycles. The number of pyridine rings is 1. The van der Waals surface area contributed by atoms with Crippen LogP contribution in [0.5, 0.6) is 5.75 Å². The number of fused-ring (bicyclic) bond motifs is 1. The first-order chi connectivity index (χ1) is 12.0. The van der Waals surface area contributed by atoms with E-state index in [0.29, 0.717) is 27.9 Å². The first-order valence-corrected chi connectivity index (χ1v) is 7.69. The summed E-state index contributed by atoms with van der Waals surface area (Å²) < 4.78 is 5.39. The van der Waals surface area contributed by atoms with Crippen molar-refractivity contribution < 1.29 is 9.53 Å². The molecule has 1 aromatic heterocycles. The SMILES string of the molecule is COc1cccc2nc(-c3ccccc3C)cc(C(=O)N=C(N)N)c12. The molecule has 0 saturated carbocycles. The molecule has 0 atom stereocenters. The Balaban J connectivity index is 2.35. The number of aliphatic imine (C=N–C) groups is 1. The fourth-order valence-corrected chi connectivity index (χ4v) is 2.77. The Morgan fingerprint density at radius 1 is 1.12 bits per heavy atom. The van der Waals surface area contributed by atoms with E-state index in [0.717, 1.165) is 11.1 Å². The zero-order chi connectivity index (χ0) is 18.0. The molecular weight excluding hydrogens is 316 g/mol. The molecule has 0 aliphatic carbocycles. The highest BCUT2D eigenvalue weighted by Gasteiger charge is 2.17. The van der Waals surface area contributed by atoms with E-state index in [9.17, 15) is 4.79 Å². The Morgan fingerprint density at radius 3 is 2.56 bits per heavy atom. The largest absolute Gasteiger partial charge is 0.496 e. The monoisotopic (exact) mass is 334 g/mol. The number of ether oxygens (including phenoxy) is 1. The van der Waals surface area contributed by atoms with Crippen molar-refractivity contribution in [1.82, 2.24) is 4.98 Å². The molecule has 1 heterocycles. The van der Waals surface area contributed by atoms with Crippen LogP contribution in [-0.2, 0) is 0 Å². The van der Waals surface area contributed by atoms with Gasteiger partial charge in [0.25, 0.3) is 5.91 Å². The molecule has 1 amide bonds. The second-order valence-corrected chi connectivity index (χ2v) is 5.57. The molecule has 3 aromatic rings. The minimum Gasteiger partial charge on any atom is -0.496 e. The molecule has 0 aliphatic rings. The predicted octanol–water partition coefficient (Wildman–Crippen LogP) is 2.63. The molecule has 0 unspecified atom stereocenters. The van der Waals surface area contributed by atoms with E-state index in [1.165, 1.54) is 0 Å². The topological polar surface area (TPSA) is 104 Å². The first-order valence-electron chi connectivity index (χ1n) is 7.69. The summed E-state index contributed by atoms with van der Waals surface area (Å²) in [6.45, 7) is 1.99. The van der Waals surface area contributed by atoms with Gasteiger partial charge in [-0.15, -0.1) is 0 Å². The lowest BCUT2D eigenvalue weighted by Crippen LogP contribution is -2.24. The van der Waals surface area contributed by atoms with Crippen molar-refractivity contribution in [2.45, 2.75) is 6.92 Å². The van der Waals surface area contributed by atoms with E-state index in [-0.39, 0.29) is 5.96 Å². The van der Waals surface area contributed by atoms with Gasteiger partial charge in [0.1, 0.15) is 5.75 Å². The van der Waals surface area contributed by atoms with E-state index in [1.807, 2.05) is 43.3 Å². The number of methoxy groups -OCH3 is 1. The Hall–Kier alpha value is -3.41. The predicted molar refractivity (Wildman–Crippen MR) is 98.6 cm³/mol. The summed E-state index contributed by atoms with van der Waals surface area (Å²) in [6.07, 6.45) is 0. The van der Waals surface area contributed by atoms with Crippen LogP contribution in [-0.4, -0.2) is 24.0 Å². The lowest BCUT2D eigenvalue weighted by atomic mass is 10.0. The minimum atomic E-state index is -0.535. The third-order valence-corrected chi connectivity index (χ3v) is 3.90. The van der Waals surface area contributed by atoms with Gasteiger partial charge in [-0.2, -0.15) is 4.99 Å². The summed E-state index contributed by atoms with van der Waals surface area (Å²) in [5, 5.41) is 0.581. The van der Waals surface area contributed by atoms with Crippen LogP contribution in [0.3, 0.4) is 0 Å². The van der Waals surface area contributed by atoms with Gasteiger partial charge in [-0.3, -0.25) is 4.79 Å². The van der Waals surface area contributed by atoms with Crippen molar-refractivity contribution in [3.63, 3.8) is 0 Å². The van der Waals surface area contributed by atoms with Crippen molar-refractivity contribution in [3.05, 3.63) is 59.7 Å². The van der Waals surface area contributed by atoms with E-state index in [1.54, 1.807) is 19.2 Å². The van der Waals surface area contributed by atoms with Gasteiger partial charge in [0.15, 0.2) is 5.96 Å². The van der Waals surface area contributed by atoms with Gasteiger partial charge in [-0.1, -0.05) is 30.3 Å². The fraction of sp³-hybridized carbons (Fsp3) is 0.105. The molecule has 4 N–H and O–H groups in total. The highest BCUT2D eigenvalue weighted by atomic mass is 16.5. The second kappa shape index (κ2) is 6.60. The molecule has 6 heteroatoms. The minimum absolute atomic E-state index is 0.290. The highest BCUT2D eigenvalue weighted by molar-refractivity contribution is 6.12. The van der Waals surface area contributed by atoms with Gasteiger partial charge in [0.05, 0.1) is 29.3 Å². The number of rotatable bonds is 3. The van der Waals surface area contributed by atoms with Gasteiger partial charge in [-0.25, -0.2) is 4.98 Å². The van der Waals surface area contributed by atoms with E-state index < -0.39 is 5.91 Å². The quantitative estimate of drug-likeness (QED) is 0.566. The molecule has 0 spiro atoms. The number of nitrogens with two attached hydrogens (primary N) is 2. The number of benzene rings is 2. The van der Waals surface area contributed by atoms with Crippen molar-refractivity contribution >= 4 is 22.8 Å². The summed E-state index contributed by atoms with van der Waals surface area (Å²) in [5.41, 5.74) is 14.4. The molecule has 0 aliphatic heterocycles. The number of amides is 1. The van der Waals surface area contributed by atoms with Crippen LogP contribution >= 0.6 is 0 Å². The normalized spacial score (nSPS) is 10.5. The zero-order valence-electron chi connectivity index (χ0n) is 14.0. The number of guanidine groups is 1. The average molecular weight is 334 g/mol. The number of nitrogens with zero attached hydrogens (tertiary/aromatic N) is 2. The van der Waals surface area contributed by atoms with Gasteiger partial charge < -0.3 is 16.2 Å². The summed E-state index contributed by atoms with van der Waals surface area (Å²) in [4.78, 5) is 20.9. The standard InChI is InChI=1S/C19H18N4O2/c1-11-6-3-4-7-12(11)15-10-13(18(24)23-19(20)21)17-14(22-15)8-5-9-16(17)25-2/h3-10H,1-2H3,(H4,20,21,23,24). The van der Waals surface area contributed by atoms with Crippen molar-refractivity contribution in [3.8, 4) is 17.0 Å². The molecule has 0 fully saturated rings. The summed E-state index contributed by atoms with van der Waals surface area (Å²) in [7, 11) is 1.54. The molecule has 3 rings (SSSR count). The number of carbonyl (C=O) groups excluding carboxylic acids is 1. The lowest BCUT2D eigenvalue weighted by molar-refractivity contribution is 0.100. The molecule has 0 saturated heterocycles. The van der Waals surface area contributed by atoms with Crippen LogP contribution in [0.1, 0.15) is 15.9 Å². The lowest BCUT2D eigenvalue weighted by Gasteiger charge is -2.12. The maximum absolute atomic E-state index is 12.6. The smallest absolute Gasteiger partial charge is 0.281 e. The van der Waals surface area contributed by atoms with Gasteiger partial charge in [0, 0.05) is 5.56 Å². The third kappa shape index (κ3) is 3.14. The molecule has 25 heavy (non-hydrogen) atoms. The average Bonchev–Trinajstić information content (AvgIpc) is 2.60. The Labute approximate surface area is 145 Å². The summed E-state index contributed by atoms with van der Waals surface area (Å²) >= 11 is 0. The number of aromatic nitrogens is 1. The van der Waals surface area contributed by atoms with Crippen LogP contribution in [0.25, 0.3) is 22.2 Å². The molecule has 6 nitrogen and oxygen atoms in total. The van der Waals surface area contributed by atoms with Crippen LogP contribution in [0.15, 0.2) is 53.5 Å². The van der Waals surface area contributed by atoms with Gasteiger partial charge >= 0.3 is 0 Å². The summed E-state index contributed by atoms with van der Waals surface area (Å²) in [5.74, 6) is -0.287. The summed E-state index contributed by atoms with van der Waals surface area (Å²) in [6, 6.07) is 14.9. The molecule has 126 valence electrons. The maximum Gasteiger partial charge on any atom is 0.281 e. The zero-order valence-corrected chi connectivity index (χ0v) is 14.0. The Morgan fingerprint density at radius 2 is 1.88 bits per heavy atom. The highest BCUT2D eigenvalue weighted by Crippen LogP contribution is 2.32. The Bertz CT molecular complexity index is 992. The maximum atomic E-state index is 12.6. The molecule has 0 bridgehead atoms. The van der Waals surface area contributed by atoms with Crippen LogP contribution in [0, 0.1) is 6.92 Å². The van der Waals surface area contributed by atoms with E-state index in [2.05, 4.69) is 4.99 Å². The van der Waals surface area contributed by atoms with Crippen molar-refractivity contribution in [2.75, 3.05) is 7.11 Å². The third-order valence-electron chi connectivity index (χ3n) is 3.90. The number of aryl methyl sites for hydroxylation is 1. The number of carbonyl (C=O) groups is 1. The number of hydrogen-bond donors (Lipinski definition) is 2. The van der Waals surface area contributed by atoms with Crippen LogP contribution < -0.4 is 16.2 Å². The Kier molecular flexibility index (Phi) is 4.35. The second-order valence-electron chi connectivity index (χ2n) is 5.57. The fourth-order valence-electron chi connectivity index (χ4n) is 2.77. The van der Waals surface area contributed by atoms with Crippen LogP contribution in [0.2, 0.25) is 0 Å². The van der Waals surface area contributed by atoms with Gasteiger partial charge in [0.2, 0.25) is 0 Å². The number of hydrogen-bond acceptors (Lipinski definition) is 3. The molecule has 0 radical (unpaired) electrons. The van der Waals surface area contributed by atoms with E-state index in [4.69, 9.17) is 21.2 Å². The first kappa shape index (κ1) is 16.4. The van der Waals surface area contributed by atoms with Crippen molar-refractivity contribution in [2.24, 2.45) is 16.5 Å². The van der Waals surface area contributed by atoms with Gasteiger partial charge in [-0.05, 0) is 30.7 Å². The van der Waals surface area contributed by atoms with Crippen LogP contribution in [0.4, 0.5) is 0 Å². The van der Waals surface area contributed by atoms with Crippen molar-refractivity contribution in [1.29, 1.82) is 0 Å².